The van der Waals surface area contributed by atoms with Crippen LogP contribution in [0.3, 0.4) is 0 Å². The Balaban J connectivity index is 2.69. The second kappa shape index (κ2) is 5.43. The van der Waals surface area contributed by atoms with Gasteiger partial charge in [-0.05, 0) is 19.3 Å². The molecule has 0 aromatic heterocycles. The molecule has 5 heteroatoms. The van der Waals surface area contributed by atoms with Gasteiger partial charge in [0.2, 0.25) is 0 Å². The molecule has 1 aliphatic rings. The van der Waals surface area contributed by atoms with E-state index in [-0.39, 0.29) is 17.0 Å². The van der Waals surface area contributed by atoms with E-state index in [2.05, 4.69) is 31.9 Å². The number of carbonyl (C=O) groups is 2. The molecule has 3 nitrogen and oxygen atoms in total. The maximum atomic E-state index is 12.0. The Bertz CT molecular complexity index is 267. The molecular weight excluding hydrogens is 328 g/mol. The van der Waals surface area contributed by atoms with Gasteiger partial charge < -0.3 is 5.11 Å². The summed E-state index contributed by atoms with van der Waals surface area (Å²) in [5, 5.41) is 8.64. The molecule has 2 atom stereocenters. The highest BCUT2D eigenvalue weighted by Gasteiger charge is 2.40. The van der Waals surface area contributed by atoms with Crippen LogP contribution in [-0.4, -0.2) is 26.0 Å². The molecule has 0 saturated heterocycles. The van der Waals surface area contributed by atoms with Gasteiger partial charge in [0.15, 0.2) is 5.78 Å². The predicted molar refractivity (Wildman–Crippen MR) is 64.7 cm³/mol. The zero-order valence-corrected chi connectivity index (χ0v) is 11.5. The second-order valence-electron chi connectivity index (χ2n) is 3.94. The molecule has 1 N–H and O–H groups in total. The number of carbonyl (C=O) groups excluding carboxylic acids is 1. The zero-order chi connectivity index (χ0) is 11.5. The topological polar surface area (TPSA) is 54.4 Å². The van der Waals surface area contributed by atoms with Crippen molar-refractivity contribution in [3.8, 4) is 0 Å². The third-order valence-electron chi connectivity index (χ3n) is 2.74. The van der Waals surface area contributed by atoms with Gasteiger partial charge >= 0.3 is 5.97 Å². The number of alkyl halides is 2. The lowest BCUT2D eigenvalue weighted by Crippen LogP contribution is -2.36. The number of carboxylic acids is 1. The van der Waals surface area contributed by atoms with Crippen molar-refractivity contribution < 1.29 is 14.7 Å². The molecule has 0 aromatic rings. The highest BCUT2D eigenvalue weighted by Crippen LogP contribution is 2.38. The number of carboxylic acid groups (broad SMARTS) is 1. The molecule has 15 heavy (non-hydrogen) atoms. The summed E-state index contributed by atoms with van der Waals surface area (Å²) in [7, 11) is 0. The van der Waals surface area contributed by atoms with Crippen molar-refractivity contribution in [1.29, 1.82) is 0 Å². The third-order valence-corrected chi connectivity index (χ3v) is 4.80. The van der Waals surface area contributed by atoms with Crippen LogP contribution in [0, 0.1) is 0 Å². The van der Waals surface area contributed by atoms with Crippen molar-refractivity contribution >= 4 is 43.6 Å². The Hall–Kier alpha value is 0.1000. The standard InChI is InChI=1S/C10H14Br2O3/c11-7-3-1-2-5-10(12,9(7)15)6-4-8(13)14/h7H,1-6H2,(H,13,14)/t7-,10-/m0/s1. The first-order valence-electron chi connectivity index (χ1n) is 5.05. The average Bonchev–Trinajstić information content (AvgIpc) is 2.30. The molecule has 1 fully saturated rings. The van der Waals surface area contributed by atoms with Gasteiger partial charge in [-0.15, -0.1) is 0 Å². The van der Waals surface area contributed by atoms with Gasteiger partial charge in [0, 0.05) is 6.42 Å². The van der Waals surface area contributed by atoms with E-state index in [1.165, 1.54) is 0 Å². The molecule has 0 amide bonds. The number of Topliss-reactive ketones (excluding diaryl/α,β-unsaturated/α-hetero) is 1. The SMILES string of the molecule is O=C(O)CC[C@@]1(Br)CCCC[C@H](Br)C1=O. The smallest absolute Gasteiger partial charge is 0.303 e. The summed E-state index contributed by atoms with van der Waals surface area (Å²) in [6.07, 6.45) is 3.99. The Labute approximate surface area is 106 Å². The minimum Gasteiger partial charge on any atom is -0.481 e. The molecule has 0 radical (unpaired) electrons. The largest absolute Gasteiger partial charge is 0.481 e. The monoisotopic (exact) mass is 340 g/mol. The van der Waals surface area contributed by atoms with Crippen molar-refractivity contribution in [2.75, 3.05) is 0 Å². The summed E-state index contributed by atoms with van der Waals surface area (Å²) in [4.78, 5) is 22.4. The molecule has 1 saturated carbocycles. The van der Waals surface area contributed by atoms with Crippen LogP contribution in [0.1, 0.15) is 38.5 Å². The number of aliphatic carboxylic acids is 1. The number of ketones is 1. The van der Waals surface area contributed by atoms with Crippen LogP contribution < -0.4 is 0 Å². The van der Waals surface area contributed by atoms with Crippen LogP contribution in [0.5, 0.6) is 0 Å². The van der Waals surface area contributed by atoms with Crippen molar-refractivity contribution in [1.82, 2.24) is 0 Å². The number of hydrogen-bond acceptors (Lipinski definition) is 2. The van der Waals surface area contributed by atoms with Crippen molar-refractivity contribution in [3.05, 3.63) is 0 Å². The van der Waals surface area contributed by atoms with Gasteiger partial charge in [-0.3, -0.25) is 9.59 Å². The molecule has 0 spiro atoms. The first-order chi connectivity index (χ1) is 6.96. The normalized spacial score (nSPS) is 32.4. The minimum atomic E-state index is -0.850. The van der Waals surface area contributed by atoms with Gasteiger partial charge in [0.25, 0.3) is 0 Å². The molecule has 0 aliphatic heterocycles. The number of halogens is 2. The van der Waals surface area contributed by atoms with Crippen molar-refractivity contribution in [3.63, 3.8) is 0 Å². The van der Waals surface area contributed by atoms with E-state index >= 15 is 0 Å². The molecule has 0 heterocycles. The minimum absolute atomic E-state index is 0.0384. The van der Waals surface area contributed by atoms with E-state index in [1.807, 2.05) is 0 Å². The van der Waals surface area contributed by atoms with E-state index in [4.69, 9.17) is 5.11 Å². The van der Waals surface area contributed by atoms with Crippen LogP contribution in [0.4, 0.5) is 0 Å². The van der Waals surface area contributed by atoms with Crippen molar-refractivity contribution in [2.45, 2.75) is 47.7 Å². The summed E-state index contributed by atoms with van der Waals surface area (Å²) in [5.41, 5.74) is 0. The Morgan fingerprint density at radius 2 is 2.20 bits per heavy atom. The molecule has 0 unspecified atom stereocenters. The zero-order valence-electron chi connectivity index (χ0n) is 8.34. The average molecular weight is 342 g/mol. The lowest BCUT2D eigenvalue weighted by molar-refractivity contribution is -0.137. The van der Waals surface area contributed by atoms with Crippen LogP contribution in [0.2, 0.25) is 0 Å². The first kappa shape index (κ1) is 13.2. The number of rotatable bonds is 3. The maximum Gasteiger partial charge on any atom is 0.303 e. The maximum absolute atomic E-state index is 12.0. The summed E-state index contributed by atoms with van der Waals surface area (Å²) in [6, 6.07) is 0. The highest BCUT2D eigenvalue weighted by molar-refractivity contribution is 9.11. The van der Waals surface area contributed by atoms with E-state index < -0.39 is 10.3 Å². The van der Waals surface area contributed by atoms with Crippen LogP contribution in [-0.2, 0) is 9.59 Å². The fourth-order valence-corrected chi connectivity index (χ4v) is 3.64. The Morgan fingerprint density at radius 3 is 2.80 bits per heavy atom. The first-order valence-corrected chi connectivity index (χ1v) is 6.76. The van der Waals surface area contributed by atoms with Crippen LogP contribution in [0.15, 0.2) is 0 Å². The fourth-order valence-electron chi connectivity index (χ4n) is 1.82. The van der Waals surface area contributed by atoms with E-state index in [1.54, 1.807) is 0 Å². The Kier molecular flexibility index (Phi) is 4.77. The molecule has 86 valence electrons. The number of hydrogen-bond donors (Lipinski definition) is 1. The fraction of sp³-hybridized carbons (Fsp3) is 0.800. The summed E-state index contributed by atoms with van der Waals surface area (Å²) >= 11 is 6.80. The quantitative estimate of drug-likeness (QED) is 0.634. The molecular formula is C10H14Br2O3. The lowest BCUT2D eigenvalue weighted by atomic mass is 9.93. The molecule has 1 rings (SSSR count). The summed E-state index contributed by atoms with van der Waals surface area (Å²) in [6.45, 7) is 0. The molecule has 0 aromatic carbocycles. The van der Waals surface area contributed by atoms with Gasteiger partial charge in [0.05, 0.1) is 9.15 Å². The van der Waals surface area contributed by atoms with Crippen LogP contribution in [0.25, 0.3) is 0 Å². The lowest BCUT2D eigenvalue weighted by Gasteiger charge is -2.25. The highest BCUT2D eigenvalue weighted by atomic mass is 79.9. The van der Waals surface area contributed by atoms with Gasteiger partial charge in [-0.25, -0.2) is 0 Å². The van der Waals surface area contributed by atoms with Gasteiger partial charge in [-0.1, -0.05) is 44.7 Å². The summed E-state index contributed by atoms with van der Waals surface area (Å²) in [5.74, 6) is -0.752. The summed E-state index contributed by atoms with van der Waals surface area (Å²) < 4.78 is -0.629. The van der Waals surface area contributed by atoms with E-state index in [0.29, 0.717) is 6.42 Å². The van der Waals surface area contributed by atoms with Gasteiger partial charge in [-0.2, -0.15) is 0 Å². The molecule has 1 aliphatic carbocycles. The van der Waals surface area contributed by atoms with Gasteiger partial charge in [0.1, 0.15) is 0 Å². The van der Waals surface area contributed by atoms with E-state index in [0.717, 1.165) is 25.7 Å². The Morgan fingerprint density at radius 1 is 1.53 bits per heavy atom. The molecule has 0 bridgehead atoms. The van der Waals surface area contributed by atoms with Crippen LogP contribution >= 0.6 is 31.9 Å². The predicted octanol–water partition coefficient (Wildman–Crippen LogP) is 2.89. The third kappa shape index (κ3) is 3.55. The van der Waals surface area contributed by atoms with E-state index in [9.17, 15) is 9.59 Å². The second-order valence-corrected chi connectivity index (χ2v) is 6.56. The van der Waals surface area contributed by atoms with Crippen molar-refractivity contribution in [2.24, 2.45) is 0 Å².